The molecular formula is C11H7BrF2N4OS2. The van der Waals surface area contributed by atoms with Crippen molar-refractivity contribution in [3.05, 3.63) is 32.9 Å². The molecule has 0 unspecified atom stereocenters. The number of halogens is 3. The fraction of sp³-hybridized carbons (Fsp3) is 0.182. The van der Waals surface area contributed by atoms with Crippen molar-refractivity contribution in [3.8, 4) is 5.69 Å². The summed E-state index contributed by atoms with van der Waals surface area (Å²) < 4.78 is 29.0. The highest BCUT2D eigenvalue weighted by Gasteiger charge is 2.20. The summed E-state index contributed by atoms with van der Waals surface area (Å²) in [6, 6.07) is 3.37. The Balaban J connectivity index is 2.27. The molecule has 0 aliphatic carbocycles. The molecule has 0 N–H and O–H groups in total. The monoisotopic (exact) mass is 392 g/mol. The molecule has 2 aromatic heterocycles. The first-order chi connectivity index (χ1) is 9.88. The van der Waals surface area contributed by atoms with Crippen LogP contribution in [-0.2, 0) is 0 Å². The third-order valence-electron chi connectivity index (χ3n) is 2.85. The molecular weight excluding hydrogens is 386 g/mol. The summed E-state index contributed by atoms with van der Waals surface area (Å²) in [5.41, 5.74) is 0.0804. The Morgan fingerprint density at radius 3 is 2.76 bits per heavy atom. The van der Waals surface area contributed by atoms with E-state index < -0.39 is 12.2 Å². The summed E-state index contributed by atoms with van der Waals surface area (Å²) in [5.74, 6) is -0.0600. The molecule has 0 bridgehead atoms. The highest BCUT2D eigenvalue weighted by atomic mass is 79.9. The van der Waals surface area contributed by atoms with Crippen LogP contribution in [0.1, 0.15) is 12.4 Å². The van der Waals surface area contributed by atoms with Crippen molar-refractivity contribution in [2.75, 3.05) is 0 Å². The number of rotatable bonds is 2. The Bertz CT molecular complexity index is 902. The van der Waals surface area contributed by atoms with E-state index in [1.54, 1.807) is 12.1 Å². The van der Waals surface area contributed by atoms with Gasteiger partial charge in [0.2, 0.25) is 0 Å². The van der Waals surface area contributed by atoms with Crippen molar-refractivity contribution in [1.82, 2.24) is 19.3 Å². The number of aromatic nitrogens is 4. The van der Waals surface area contributed by atoms with Crippen LogP contribution in [0.25, 0.3) is 15.9 Å². The van der Waals surface area contributed by atoms with Gasteiger partial charge in [-0.1, -0.05) is 0 Å². The van der Waals surface area contributed by atoms with Crippen molar-refractivity contribution in [2.45, 2.75) is 17.8 Å². The molecule has 0 fully saturated rings. The first-order valence-corrected chi connectivity index (χ1v) is 7.70. The van der Waals surface area contributed by atoms with Gasteiger partial charge in [-0.2, -0.15) is 13.5 Å². The molecule has 3 aromatic rings. The smallest absolute Gasteiger partial charge is 0.245 e. The highest BCUT2D eigenvalue weighted by molar-refractivity contribution is 9.10. The van der Waals surface area contributed by atoms with E-state index in [9.17, 15) is 13.6 Å². The van der Waals surface area contributed by atoms with Gasteiger partial charge in [0, 0.05) is 4.47 Å². The van der Waals surface area contributed by atoms with E-state index in [2.05, 4.69) is 38.6 Å². The molecule has 10 heteroatoms. The number of hydrogen-bond acceptors (Lipinski definition) is 5. The van der Waals surface area contributed by atoms with Crippen molar-refractivity contribution < 1.29 is 8.78 Å². The van der Waals surface area contributed by atoms with Crippen LogP contribution in [0.5, 0.6) is 0 Å². The molecule has 1 aromatic carbocycles. The van der Waals surface area contributed by atoms with Crippen molar-refractivity contribution >= 4 is 50.1 Å². The SMILES string of the molecule is Cc1nn(-c2cc3nc(S)sc3cc2Br)c(=O)n1C(F)F. The molecule has 110 valence electrons. The van der Waals surface area contributed by atoms with Crippen LogP contribution in [0.15, 0.2) is 25.7 Å². The van der Waals surface area contributed by atoms with Gasteiger partial charge in [-0.15, -0.1) is 29.1 Å². The van der Waals surface area contributed by atoms with Crippen LogP contribution >= 0.6 is 39.9 Å². The second-order valence-electron chi connectivity index (χ2n) is 4.16. The first kappa shape index (κ1) is 14.7. The Kier molecular flexibility index (Phi) is 3.62. The van der Waals surface area contributed by atoms with Gasteiger partial charge in [0.15, 0.2) is 0 Å². The standard InChI is InChI=1S/C11H7BrF2N4OS2/c1-4-16-18(11(19)17(4)9(13)14)7-3-6-8(2-5(7)12)21-10(20)15-6/h2-3,9H,1H3,(H,15,20). The van der Waals surface area contributed by atoms with E-state index in [0.29, 0.717) is 24.6 Å². The normalized spacial score (nSPS) is 11.7. The molecule has 0 atom stereocenters. The summed E-state index contributed by atoms with van der Waals surface area (Å²) in [7, 11) is 0. The predicted octanol–water partition coefficient (Wildman–Crippen LogP) is 3.40. The summed E-state index contributed by atoms with van der Waals surface area (Å²) in [6.45, 7) is -1.58. The second-order valence-corrected chi connectivity index (χ2v) is 6.77. The molecule has 3 rings (SSSR count). The maximum Gasteiger partial charge on any atom is 0.355 e. The fourth-order valence-electron chi connectivity index (χ4n) is 1.95. The lowest BCUT2D eigenvalue weighted by Gasteiger charge is -2.03. The van der Waals surface area contributed by atoms with Crippen LogP contribution in [0.3, 0.4) is 0 Å². The number of fused-ring (bicyclic) bond motifs is 1. The first-order valence-electron chi connectivity index (χ1n) is 5.64. The second kappa shape index (κ2) is 5.18. The predicted molar refractivity (Wildman–Crippen MR) is 81.9 cm³/mol. The van der Waals surface area contributed by atoms with Crippen LogP contribution < -0.4 is 5.69 Å². The minimum absolute atomic E-state index is 0.0600. The number of thiol groups is 1. The Morgan fingerprint density at radius 1 is 1.43 bits per heavy atom. The number of thiazole rings is 1. The molecule has 2 heterocycles. The molecule has 0 radical (unpaired) electrons. The lowest BCUT2D eigenvalue weighted by Crippen LogP contribution is -2.24. The topological polar surface area (TPSA) is 52.7 Å². The third kappa shape index (κ3) is 2.40. The average molecular weight is 393 g/mol. The number of nitrogens with zero attached hydrogens (tertiary/aromatic N) is 4. The zero-order chi connectivity index (χ0) is 15.3. The van der Waals surface area contributed by atoms with E-state index in [1.165, 1.54) is 18.3 Å². The maximum atomic E-state index is 12.9. The summed E-state index contributed by atoms with van der Waals surface area (Å²) in [4.78, 5) is 16.3. The van der Waals surface area contributed by atoms with Gasteiger partial charge in [0.25, 0.3) is 0 Å². The molecule has 0 spiro atoms. The summed E-state index contributed by atoms with van der Waals surface area (Å²) >= 11 is 8.87. The van der Waals surface area contributed by atoms with Gasteiger partial charge >= 0.3 is 12.2 Å². The van der Waals surface area contributed by atoms with E-state index >= 15 is 0 Å². The van der Waals surface area contributed by atoms with E-state index in [-0.39, 0.29) is 5.82 Å². The van der Waals surface area contributed by atoms with Crippen molar-refractivity contribution in [1.29, 1.82) is 0 Å². The van der Waals surface area contributed by atoms with Crippen molar-refractivity contribution in [3.63, 3.8) is 0 Å². The van der Waals surface area contributed by atoms with Crippen LogP contribution in [-0.4, -0.2) is 19.3 Å². The molecule has 5 nitrogen and oxygen atoms in total. The van der Waals surface area contributed by atoms with Gasteiger partial charge in [-0.05, 0) is 35.0 Å². The largest absolute Gasteiger partial charge is 0.355 e. The van der Waals surface area contributed by atoms with Crippen molar-refractivity contribution in [2.24, 2.45) is 0 Å². The van der Waals surface area contributed by atoms with E-state index in [1.807, 2.05) is 0 Å². The Morgan fingerprint density at radius 2 is 2.14 bits per heavy atom. The maximum absolute atomic E-state index is 12.9. The van der Waals surface area contributed by atoms with Crippen LogP contribution in [0.2, 0.25) is 0 Å². The molecule has 0 amide bonds. The van der Waals surface area contributed by atoms with Crippen LogP contribution in [0, 0.1) is 6.92 Å². The van der Waals surface area contributed by atoms with Gasteiger partial charge in [0.1, 0.15) is 10.2 Å². The number of benzene rings is 1. The zero-order valence-electron chi connectivity index (χ0n) is 10.4. The Labute approximate surface area is 134 Å². The lowest BCUT2D eigenvalue weighted by atomic mass is 10.3. The fourth-order valence-corrected chi connectivity index (χ4v) is 3.74. The molecule has 21 heavy (non-hydrogen) atoms. The lowest BCUT2D eigenvalue weighted by molar-refractivity contribution is 0.0640. The Hall–Kier alpha value is -1.26. The van der Waals surface area contributed by atoms with Gasteiger partial charge in [0.05, 0.1) is 15.9 Å². The summed E-state index contributed by atoms with van der Waals surface area (Å²) in [5, 5.41) is 3.89. The third-order valence-corrected chi connectivity index (χ3v) is 4.68. The van der Waals surface area contributed by atoms with Gasteiger partial charge < -0.3 is 0 Å². The molecule has 0 aliphatic heterocycles. The minimum atomic E-state index is -2.93. The zero-order valence-corrected chi connectivity index (χ0v) is 13.7. The number of aryl methyl sites for hydroxylation is 1. The number of hydrogen-bond donors (Lipinski definition) is 1. The molecule has 0 saturated carbocycles. The highest BCUT2D eigenvalue weighted by Crippen LogP contribution is 2.31. The minimum Gasteiger partial charge on any atom is -0.245 e. The molecule has 0 aliphatic rings. The summed E-state index contributed by atoms with van der Waals surface area (Å²) in [6.07, 6.45) is 0. The van der Waals surface area contributed by atoms with Gasteiger partial charge in [-0.25, -0.2) is 14.3 Å². The number of alkyl halides is 2. The van der Waals surface area contributed by atoms with Gasteiger partial charge in [-0.3, -0.25) is 0 Å². The molecule has 0 saturated heterocycles. The van der Waals surface area contributed by atoms with Crippen LogP contribution in [0.4, 0.5) is 8.78 Å². The quantitative estimate of drug-likeness (QED) is 0.680. The van der Waals surface area contributed by atoms with E-state index in [4.69, 9.17) is 0 Å². The average Bonchev–Trinajstić information content (AvgIpc) is 2.87. The van der Waals surface area contributed by atoms with E-state index in [0.717, 1.165) is 9.38 Å².